The Kier molecular flexibility index (Phi) is 15.8. The quantitative estimate of drug-likeness (QED) is 0.100. The van der Waals surface area contributed by atoms with Gasteiger partial charge in [0.1, 0.15) is 18.3 Å². The highest BCUT2D eigenvalue weighted by Gasteiger charge is 2.30. The summed E-state index contributed by atoms with van der Waals surface area (Å²) in [5.41, 5.74) is 5.72. The topological polar surface area (TPSA) is 214 Å². The Labute approximate surface area is 182 Å². The van der Waals surface area contributed by atoms with Crippen LogP contribution in [0.4, 0.5) is 0 Å². The van der Waals surface area contributed by atoms with E-state index in [1.54, 1.807) is 0 Å². The number of nitrogens with one attached hydrogen (secondary N) is 3. The number of unbranched alkanes of at least 4 members (excludes halogenated alkanes) is 2. The van der Waals surface area contributed by atoms with Crippen LogP contribution >= 0.6 is 0 Å². The van der Waals surface area contributed by atoms with Crippen molar-refractivity contribution in [1.29, 1.82) is 0 Å². The second kappa shape index (κ2) is 16.8. The lowest BCUT2D eigenvalue weighted by molar-refractivity contribution is -0.126. The van der Waals surface area contributed by atoms with E-state index in [9.17, 15) is 34.8 Å². The summed E-state index contributed by atoms with van der Waals surface area (Å²) in [6.07, 6.45) is -3.76. The van der Waals surface area contributed by atoms with Crippen LogP contribution in [0.25, 0.3) is 0 Å². The molecule has 0 saturated heterocycles. The van der Waals surface area contributed by atoms with Gasteiger partial charge in [-0.05, 0) is 12.8 Å². The van der Waals surface area contributed by atoms with Crippen molar-refractivity contribution in [3.63, 3.8) is 0 Å². The molecule has 0 saturated carbocycles. The smallest absolute Gasteiger partial charge is 0.236 e. The highest BCUT2D eigenvalue weighted by Crippen LogP contribution is 2.05. The van der Waals surface area contributed by atoms with Gasteiger partial charge >= 0.3 is 0 Å². The van der Waals surface area contributed by atoms with Crippen molar-refractivity contribution >= 4 is 17.7 Å². The second-order valence-electron chi connectivity index (χ2n) is 7.35. The number of aliphatic hydroxyl groups is 5. The minimum Gasteiger partial charge on any atom is -0.394 e. The zero-order valence-electron chi connectivity index (χ0n) is 18.0. The van der Waals surface area contributed by atoms with Crippen LogP contribution in [-0.2, 0) is 14.4 Å². The third-order valence-electron chi connectivity index (χ3n) is 4.61. The van der Waals surface area contributed by atoms with Gasteiger partial charge in [-0.25, -0.2) is 0 Å². The number of rotatable bonds is 17. The Morgan fingerprint density at radius 3 is 2.06 bits per heavy atom. The fraction of sp³-hybridized carbons (Fsp3) is 0.842. The highest BCUT2D eigenvalue weighted by atomic mass is 16.4. The molecule has 0 heterocycles. The van der Waals surface area contributed by atoms with Gasteiger partial charge < -0.3 is 47.2 Å². The average Bonchev–Trinajstić information content (AvgIpc) is 2.76. The Hall–Kier alpha value is -1.83. The van der Waals surface area contributed by atoms with Gasteiger partial charge in [-0.15, -0.1) is 0 Å². The molecule has 0 fully saturated rings. The number of hydrogen-bond donors (Lipinski definition) is 9. The molecular formula is C19H38N4O8. The summed E-state index contributed by atoms with van der Waals surface area (Å²) in [6, 6.07) is -0.963. The molecule has 5 atom stereocenters. The summed E-state index contributed by atoms with van der Waals surface area (Å²) in [6.45, 7) is 1.58. The van der Waals surface area contributed by atoms with E-state index >= 15 is 0 Å². The number of nitrogens with two attached hydrogens (primary N) is 1. The summed E-state index contributed by atoms with van der Waals surface area (Å²) in [4.78, 5) is 35.3. The first-order valence-electron chi connectivity index (χ1n) is 10.5. The maximum atomic E-state index is 11.9. The van der Waals surface area contributed by atoms with Crippen LogP contribution in [0, 0.1) is 0 Å². The maximum Gasteiger partial charge on any atom is 0.236 e. The normalized spacial score (nSPS) is 16.0. The minimum absolute atomic E-state index is 0.0192. The Balaban J connectivity index is 4.03. The van der Waals surface area contributed by atoms with Gasteiger partial charge in [0.2, 0.25) is 17.7 Å². The zero-order chi connectivity index (χ0) is 23.8. The van der Waals surface area contributed by atoms with Crippen LogP contribution < -0.4 is 21.7 Å². The molecule has 12 nitrogen and oxygen atoms in total. The van der Waals surface area contributed by atoms with Gasteiger partial charge in [-0.1, -0.05) is 19.8 Å². The van der Waals surface area contributed by atoms with Crippen molar-refractivity contribution in [1.82, 2.24) is 16.0 Å². The van der Waals surface area contributed by atoms with Crippen molar-refractivity contribution in [3.8, 4) is 0 Å². The molecule has 0 aromatic rings. The zero-order valence-corrected chi connectivity index (χ0v) is 18.0. The molecule has 0 aliphatic heterocycles. The molecule has 3 amide bonds. The lowest BCUT2D eigenvalue weighted by atomic mass is 10.0. The van der Waals surface area contributed by atoms with Crippen LogP contribution in [0.2, 0.25) is 0 Å². The number of carbonyl (C=O) groups is 3. The first kappa shape index (κ1) is 29.2. The van der Waals surface area contributed by atoms with E-state index in [-0.39, 0.29) is 31.7 Å². The van der Waals surface area contributed by atoms with E-state index < -0.39 is 55.4 Å². The predicted molar refractivity (Wildman–Crippen MR) is 111 cm³/mol. The number of carbonyl (C=O) groups excluding carboxylic acids is 3. The Morgan fingerprint density at radius 1 is 0.839 bits per heavy atom. The average molecular weight is 451 g/mol. The molecule has 0 spiro atoms. The van der Waals surface area contributed by atoms with Gasteiger partial charge in [-0.2, -0.15) is 0 Å². The van der Waals surface area contributed by atoms with Crippen LogP contribution in [0.5, 0.6) is 0 Å². The van der Waals surface area contributed by atoms with Gasteiger partial charge in [0, 0.05) is 32.5 Å². The Morgan fingerprint density at radius 2 is 1.45 bits per heavy atom. The summed E-state index contributed by atoms with van der Waals surface area (Å²) in [5.74, 6) is -1.21. The fourth-order valence-corrected chi connectivity index (χ4v) is 2.53. The van der Waals surface area contributed by atoms with Gasteiger partial charge in [0.25, 0.3) is 0 Å². The molecular weight excluding hydrogens is 412 g/mol. The summed E-state index contributed by atoms with van der Waals surface area (Å²) in [5, 5.41) is 54.5. The van der Waals surface area contributed by atoms with Crippen molar-refractivity contribution in [2.45, 2.75) is 75.9 Å². The molecule has 12 heteroatoms. The molecule has 0 bridgehead atoms. The highest BCUT2D eigenvalue weighted by molar-refractivity contribution is 5.83. The lowest BCUT2D eigenvalue weighted by Crippen LogP contribution is -2.49. The largest absolute Gasteiger partial charge is 0.394 e. The second-order valence-corrected chi connectivity index (χ2v) is 7.35. The lowest BCUT2D eigenvalue weighted by Gasteiger charge is -2.25. The third kappa shape index (κ3) is 13.2. The van der Waals surface area contributed by atoms with Crippen LogP contribution in [-0.4, -0.2) is 100.0 Å². The molecule has 182 valence electrons. The molecule has 31 heavy (non-hydrogen) atoms. The number of aliphatic hydroxyl groups excluding tert-OH is 5. The van der Waals surface area contributed by atoms with Gasteiger partial charge in [0.05, 0.1) is 18.8 Å². The Bertz CT molecular complexity index is 537. The SMILES string of the molecule is CCCCCNC(=O)CCNC(=O)[C@@H](N)CCC(=O)NC[C@H](O)[C@@H](O)[C@H](O)[C@H](O)CO. The van der Waals surface area contributed by atoms with E-state index in [0.29, 0.717) is 6.54 Å². The molecule has 0 aromatic carbocycles. The van der Waals surface area contributed by atoms with Crippen molar-refractivity contribution < 1.29 is 39.9 Å². The summed E-state index contributed by atoms with van der Waals surface area (Å²) in [7, 11) is 0. The fourth-order valence-electron chi connectivity index (χ4n) is 2.53. The standard InChI is InChI=1S/C19H38N4O8/c1-2-3-4-8-21-16(28)7-9-22-19(31)12(20)5-6-15(27)23-10-13(25)17(29)18(30)14(26)11-24/h12-14,17-18,24-26,29-30H,2-11,20H2,1H3,(H,21,28)(H,22,31)(H,23,27)/t12-,13-,14+,17+,18+/m0/s1. The number of amides is 3. The molecule has 0 aliphatic rings. The van der Waals surface area contributed by atoms with Crippen LogP contribution in [0.15, 0.2) is 0 Å². The van der Waals surface area contributed by atoms with E-state index in [0.717, 1.165) is 19.3 Å². The van der Waals surface area contributed by atoms with Crippen molar-refractivity contribution in [3.05, 3.63) is 0 Å². The predicted octanol–water partition coefficient (Wildman–Crippen LogP) is -3.54. The maximum absolute atomic E-state index is 11.9. The molecule has 0 aliphatic carbocycles. The molecule has 0 rings (SSSR count). The molecule has 10 N–H and O–H groups in total. The monoisotopic (exact) mass is 450 g/mol. The van der Waals surface area contributed by atoms with E-state index in [1.165, 1.54) is 0 Å². The molecule has 0 aromatic heterocycles. The van der Waals surface area contributed by atoms with E-state index in [1.807, 2.05) is 0 Å². The molecule has 0 unspecified atom stereocenters. The van der Waals surface area contributed by atoms with Crippen LogP contribution in [0.1, 0.15) is 45.4 Å². The first-order valence-corrected chi connectivity index (χ1v) is 10.5. The summed E-state index contributed by atoms with van der Waals surface area (Å²) < 4.78 is 0. The van der Waals surface area contributed by atoms with E-state index in [2.05, 4.69) is 22.9 Å². The van der Waals surface area contributed by atoms with Gasteiger partial charge in [0.15, 0.2) is 0 Å². The third-order valence-corrected chi connectivity index (χ3v) is 4.61. The number of hydrogen-bond acceptors (Lipinski definition) is 9. The van der Waals surface area contributed by atoms with Gasteiger partial charge in [-0.3, -0.25) is 14.4 Å². The van der Waals surface area contributed by atoms with Crippen molar-refractivity contribution in [2.75, 3.05) is 26.2 Å². The summed E-state index contributed by atoms with van der Waals surface area (Å²) >= 11 is 0. The van der Waals surface area contributed by atoms with Crippen LogP contribution in [0.3, 0.4) is 0 Å². The first-order chi connectivity index (χ1) is 14.6. The minimum atomic E-state index is -1.78. The van der Waals surface area contributed by atoms with Crippen molar-refractivity contribution in [2.24, 2.45) is 5.73 Å². The molecule has 0 radical (unpaired) electrons. The van der Waals surface area contributed by atoms with E-state index in [4.69, 9.17) is 10.8 Å².